The summed E-state index contributed by atoms with van der Waals surface area (Å²) in [5, 5.41) is 14.7. The van der Waals surface area contributed by atoms with E-state index in [1.807, 2.05) is 24.3 Å². The summed E-state index contributed by atoms with van der Waals surface area (Å²) in [6.07, 6.45) is 2.07. The van der Waals surface area contributed by atoms with Crippen LogP contribution in [0.15, 0.2) is 48.5 Å². The van der Waals surface area contributed by atoms with Crippen LogP contribution < -0.4 is 10.6 Å². The van der Waals surface area contributed by atoms with Gasteiger partial charge in [0, 0.05) is 18.4 Å². The molecule has 0 atom stereocenters. The molecule has 2 fully saturated rings. The van der Waals surface area contributed by atoms with Gasteiger partial charge >= 0.3 is 12.1 Å². The molecule has 0 heterocycles. The summed E-state index contributed by atoms with van der Waals surface area (Å²) in [5.41, 5.74) is 4.11. The molecule has 32 heavy (non-hydrogen) atoms. The van der Waals surface area contributed by atoms with Gasteiger partial charge in [-0.05, 0) is 47.9 Å². The molecule has 0 aliphatic heterocycles. The highest BCUT2D eigenvalue weighted by molar-refractivity contribution is 5.81. The molecule has 0 saturated heterocycles. The number of hydrogen-bond donors (Lipinski definition) is 3. The number of carbonyl (C=O) groups excluding carboxylic acids is 2. The van der Waals surface area contributed by atoms with Gasteiger partial charge in [-0.3, -0.25) is 9.59 Å². The first-order chi connectivity index (χ1) is 15.4. The van der Waals surface area contributed by atoms with Crippen molar-refractivity contribution in [2.24, 2.45) is 5.92 Å². The fourth-order valence-corrected chi connectivity index (χ4v) is 4.87. The number of carboxylic acid groups (broad SMARTS) is 1. The van der Waals surface area contributed by atoms with Crippen LogP contribution in [-0.2, 0) is 14.3 Å². The molecule has 5 rings (SSSR count). The van der Waals surface area contributed by atoms with Gasteiger partial charge in [-0.25, -0.2) is 4.79 Å². The largest absolute Gasteiger partial charge is 0.481 e. The Hall–Kier alpha value is -3.35. The number of carbonyl (C=O) groups is 3. The molecule has 7 nitrogen and oxygen atoms in total. The smallest absolute Gasteiger partial charge is 0.407 e. The minimum atomic E-state index is -0.814. The van der Waals surface area contributed by atoms with E-state index in [4.69, 9.17) is 9.84 Å². The van der Waals surface area contributed by atoms with Crippen molar-refractivity contribution < 1.29 is 24.2 Å². The molecular formula is C25H26N2O5. The third-order valence-electron chi connectivity index (χ3n) is 6.92. The van der Waals surface area contributed by atoms with Crippen LogP contribution in [0.1, 0.15) is 49.1 Å². The lowest BCUT2D eigenvalue weighted by atomic mass is 9.80. The standard InChI is InChI=1S/C25H26N2O5/c28-22(26-16-11-15(12-16)23(29)30)13-25(9-10-25)27-24(31)32-14-21-19-7-3-1-5-17(19)18-6-2-4-8-20(18)21/h1-8,15-16,21H,9-14H2,(H,26,28)(H,27,31)(H,29,30). The van der Waals surface area contributed by atoms with Crippen molar-refractivity contribution in [3.63, 3.8) is 0 Å². The first-order valence-electron chi connectivity index (χ1n) is 11.1. The fraction of sp³-hybridized carbons (Fsp3) is 0.400. The summed E-state index contributed by atoms with van der Waals surface area (Å²) in [6, 6.07) is 16.3. The highest BCUT2D eigenvalue weighted by Gasteiger charge is 2.47. The number of alkyl carbamates (subject to hydrolysis) is 1. The Balaban J connectivity index is 1.14. The van der Waals surface area contributed by atoms with Crippen LogP contribution in [0.25, 0.3) is 11.1 Å². The molecule has 0 aromatic heterocycles. The van der Waals surface area contributed by atoms with E-state index in [1.165, 1.54) is 11.1 Å². The van der Waals surface area contributed by atoms with Gasteiger partial charge in [0.25, 0.3) is 0 Å². The Morgan fingerprint density at radius 3 is 2.12 bits per heavy atom. The summed E-state index contributed by atoms with van der Waals surface area (Å²) in [4.78, 5) is 35.8. The summed E-state index contributed by atoms with van der Waals surface area (Å²) in [6.45, 7) is 0.237. The van der Waals surface area contributed by atoms with Crippen molar-refractivity contribution in [2.45, 2.75) is 49.6 Å². The van der Waals surface area contributed by atoms with Gasteiger partial charge in [0.2, 0.25) is 5.91 Å². The molecule has 0 unspecified atom stereocenters. The van der Waals surface area contributed by atoms with Crippen LogP contribution in [-0.4, -0.2) is 41.3 Å². The first kappa shape index (κ1) is 20.5. The van der Waals surface area contributed by atoms with Crippen LogP contribution in [0.2, 0.25) is 0 Å². The maximum absolute atomic E-state index is 12.5. The Morgan fingerprint density at radius 2 is 1.56 bits per heavy atom. The van der Waals surface area contributed by atoms with Crippen molar-refractivity contribution in [3.05, 3.63) is 59.7 Å². The average molecular weight is 434 g/mol. The SMILES string of the molecule is O=C(CC1(NC(=O)OCC2c3ccccc3-c3ccccc32)CC1)NC1CC(C(=O)O)C1. The zero-order valence-electron chi connectivity index (χ0n) is 17.7. The van der Waals surface area contributed by atoms with Crippen molar-refractivity contribution >= 4 is 18.0 Å². The van der Waals surface area contributed by atoms with E-state index in [2.05, 4.69) is 34.9 Å². The predicted octanol–water partition coefficient (Wildman–Crippen LogP) is 3.43. The number of ether oxygens (including phenoxy) is 1. The lowest BCUT2D eigenvalue weighted by molar-refractivity contribution is -0.146. The zero-order chi connectivity index (χ0) is 22.3. The summed E-state index contributed by atoms with van der Waals surface area (Å²) in [5.74, 6) is -1.34. The molecule has 0 spiro atoms. The lowest BCUT2D eigenvalue weighted by Crippen LogP contribution is -2.49. The van der Waals surface area contributed by atoms with Crippen LogP contribution >= 0.6 is 0 Å². The number of carboxylic acids is 1. The highest BCUT2D eigenvalue weighted by atomic mass is 16.5. The van der Waals surface area contributed by atoms with Crippen molar-refractivity contribution in [3.8, 4) is 11.1 Å². The van der Waals surface area contributed by atoms with E-state index in [-0.39, 0.29) is 36.8 Å². The first-order valence-corrected chi connectivity index (χ1v) is 11.1. The second-order valence-electron chi connectivity index (χ2n) is 9.18. The van der Waals surface area contributed by atoms with Crippen LogP contribution in [0.4, 0.5) is 4.79 Å². The summed E-state index contributed by atoms with van der Waals surface area (Å²) >= 11 is 0. The molecule has 7 heteroatoms. The number of fused-ring (bicyclic) bond motifs is 3. The molecule has 166 valence electrons. The number of benzene rings is 2. The molecule has 0 bridgehead atoms. The molecule has 2 aromatic rings. The minimum Gasteiger partial charge on any atom is -0.481 e. The Bertz CT molecular complexity index is 1030. The number of hydrogen-bond acceptors (Lipinski definition) is 4. The predicted molar refractivity (Wildman–Crippen MR) is 117 cm³/mol. The van der Waals surface area contributed by atoms with E-state index < -0.39 is 17.6 Å². The second kappa shape index (κ2) is 7.97. The third-order valence-corrected chi connectivity index (χ3v) is 6.92. The highest BCUT2D eigenvalue weighted by Crippen LogP contribution is 2.44. The summed E-state index contributed by atoms with van der Waals surface area (Å²) in [7, 11) is 0. The van der Waals surface area contributed by atoms with Crippen molar-refractivity contribution in [2.75, 3.05) is 6.61 Å². The number of rotatable bonds is 7. The second-order valence-corrected chi connectivity index (χ2v) is 9.18. The van der Waals surface area contributed by atoms with E-state index in [0.29, 0.717) is 12.8 Å². The van der Waals surface area contributed by atoms with Gasteiger partial charge in [0.1, 0.15) is 6.61 Å². The molecule has 3 aliphatic carbocycles. The van der Waals surface area contributed by atoms with Gasteiger partial charge in [-0.1, -0.05) is 48.5 Å². The molecular weight excluding hydrogens is 408 g/mol. The Kier molecular flexibility index (Phi) is 5.12. The van der Waals surface area contributed by atoms with E-state index in [0.717, 1.165) is 24.0 Å². The average Bonchev–Trinajstić information content (AvgIpc) is 3.40. The van der Waals surface area contributed by atoms with Crippen LogP contribution in [0, 0.1) is 5.92 Å². The fourth-order valence-electron chi connectivity index (χ4n) is 4.87. The quantitative estimate of drug-likeness (QED) is 0.619. The number of aliphatic carboxylic acids is 1. The Labute approximate surface area is 186 Å². The lowest BCUT2D eigenvalue weighted by Gasteiger charge is -2.33. The van der Waals surface area contributed by atoms with Gasteiger partial charge in [-0.2, -0.15) is 0 Å². The zero-order valence-corrected chi connectivity index (χ0v) is 17.7. The molecule has 2 saturated carbocycles. The topological polar surface area (TPSA) is 105 Å². The monoisotopic (exact) mass is 434 g/mol. The maximum Gasteiger partial charge on any atom is 0.407 e. The molecule has 3 aliphatic rings. The van der Waals surface area contributed by atoms with E-state index in [9.17, 15) is 14.4 Å². The van der Waals surface area contributed by atoms with Gasteiger partial charge in [0.05, 0.1) is 11.5 Å². The van der Waals surface area contributed by atoms with Gasteiger partial charge in [-0.15, -0.1) is 0 Å². The molecule has 2 aromatic carbocycles. The normalized spacial score (nSPS) is 22.1. The van der Waals surface area contributed by atoms with Crippen molar-refractivity contribution in [1.29, 1.82) is 0 Å². The Morgan fingerprint density at radius 1 is 0.969 bits per heavy atom. The van der Waals surface area contributed by atoms with E-state index in [1.54, 1.807) is 0 Å². The minimum absolute atomic E-state index is 0.00704. The van der Waals surface area contributed by atoms with Crippen LogP contribution in [0.5, 0.6) is 0 Å². The molecule has 3 N–H and O–H groups in total. The molecule has 2 amide bonds. The maximum atomic E-state index is 12.5. The summed E-state index contributed by atoms with van der Waals surface area (Å²) < 4.78 is 5.60. The van der Waals surface area contributed by atoms with Gasteiger partial charge < -0.3 is 20.5 Å². The van der Waals surface area contributed by atoms with Crippen molar-refractivity contribution in [1.82, 2.24) is 10.6 Å². The van der Waals surface area contributed by atoms with Gasteiger partial charge in [0.15, 0.2) is 0 Å². The number of nitrogens with one attached hydrogen (secondary N) is 2. The molecule has 0 radical (unpaired) electrons. The van der Waals surface area contributed by atoms with Crippen LogP contribution in [0.3, 0.4) is 0 Å². The van der Waals surface area contributed by atoms with E-state index >= 15 is 0 Å². The third kappa shape index (κ3) is 3.95. The number of amides is 2.